The zero-order valence-corrected chi connectivity index (χ0v) is 17.8. The quantitative estimate of drug-likeness (QED) is 0.730. The van der Waals surface area contributed by atoms with Crippen LogP contribution in [0.25, 0.3) is 0 Å². The number of carboxylic acid groups (broad SMARTS) is 1. The summed E-state index contributed by atoms with van der Waals surface area (Å²) in [5.74, 6) is 2.52. The van der Waals surface area contributed by atoms with E-state index in [1.807, 2.05) is 0 Å². The number of Topliss-reactive ketones (excluding diaryl/α,β-unsaturated/α-hetero) is 1. The van der Waals surface area contributed by atoms with E-state index in [4.69, 9.17) is 5.11 Å². The van der Waals surface area contributed by atoms with Crippen LogP contribution in [0.5, 0.6) is 0 Å². The number of carbonyl (C=O) groups excluding carboxylic acids is 1. The van der Waals surface area contributed by atoms with Crippen LogP contribution in [-0.4, -0.2) is 28.1 Å². The Kier molecular flexibility index (Phi) is 5.17. The fourth-order valence-corrected chi connectivity index (χ4v) is 8.44. The molecule has 9 atom stereocenters. The van der Waals surface area contributed by atoms with Crippen molar-refractivity contribution in [2.75, 3.05) is 0 Å². The third-order valence-electron chi connectivity index (χ3n) is 10.1. The molecule has 4 aliphatic rings. The van der Waals surface area contributed by atoms with Crippen molar-refractivity contribution in [3.8, 4) is 0 Å². The number of carbonyl (C=O) groups is 2. The molecular weight excluding hydrogens is 352 g/mol. The topological polar surface area (TPSA) is 74.6 Å². The van der Waals surface area contributed by atoms with Crippen LogP contribution < -0.4 is 0 Å². The third kappa shape index (κ3) is 2.97. The van der Waals surface area contributed by atoms with Gasteiger partial charge in [-0.25, -0.2) is 0 Å². The van der Waals surface area contributed by atoms with Crippen molar-refractivity contribution in [1.82, 2.24) is 0 Å². The van der Waals surface area contributed by atoms with Gasteiger partial charge in [0.1, 0.15) is 5.78 Å². The SMILES string of the molecule is C[C@H](CCC(=O)O)[C@H]1CC[C@H]2[C@@H]3CCC4CC(O)CC[C@]4(C)C3CC(=O)[C@]12C. The van der Waals surface area contributed by atoms with Crippen LogP contribution in [-0.2, 0) is 9.59 Å². The monoisotopic (exact) mass is 390 g/mol. The highest BCUT2D eigenvalue weighted by atomic mass is 16.4. The first kappa shape index (κ1) is 20.4. The summed E-state index contributed by atoms with van der Waals surface area (Å²) < 4.78 is 0. The van der Waals surface area contributed by atoms with E-state index in [-0.39, 0.29) is 23.4 Å². The van der Waals surface area contributed by atoms with Gasteiger partial charge in [-0.2, -0.15) is 0 Å². The van der Waals surface area contributed by atoms with E-state index in [2.05, 4.69) is 20.8 Å². The largest absolute Gasteiger partial charge is 0.481 e. The van der Waals surface area contributed by atoms with Gasteiger partial charge in [-0.15, -0.1) is 0 Å². The van der Waals surface area contributed by atoms with Crippen molar-refractivity contribution >= 4 is 11.8 Å². The Labute approximate surface area is 169 Å². The van der Waals surface area contributed by atoms with Gasteiger partial charge >= 0.3 is 5.97 Å². The average molecular weight is 391 g/mol. The van der Waals surface area contributed by atoms with Gasteiger partial charge in [-0.05, 0) is 92.3 Å². The number of ketones is 1. The van der Waals surface area contributed by atoms with Gasteiger partial charge in [0.15, 0.2) is 0 Å². The first-order valence-electron chi connectivity index (χ1n) is 11.6. The van der Waals surface area contributed by atoms with E-state index in [1.54, 1.807) is 0 Å². The lowest BCUT2D eigenvalue weighted by atomic mass is 9.44. The number of fused-ring (bicyclic) bond motifs is 5. The number of hydrogen-bond acceptors (Lipinski definition) is 3. The summed E-state index contributed by atoms with van der Waals surface area (Å²) >= 11 is 0. The number of carboxylic acids is 1. The molecule has 4 rings (SSSR count). The van der Waals surface area contributed by atoms with E-state index in [1.165, 1.54) is 12.8 Å². The van der Waals surface area contributed by atoms with Gasteiger partial charge < -0.3 is 10.2 Å². The van der Waals surface area contributed by atoms with Crippen LogP contribution in [0.15, 0.2) is 0 Å². The molecule has 0 radical (unpaired) electrons. The summed E-state index contributed by atoms with van der Waals surface area (Å²) in [5.41, 5.74) is -0.0391. The Hall–Kier alpha value is -0.900. The van der Waals surface area contributed by atoms with E-state index < -0.39 is 5.97 Å². The first-order valence-corrected chi connectivity index (χ1v) is 11.6. The molecule has 2 N–H and O–H groups in total. The Morgan fingerprint density at radius 3 is 2.61 bits per heavy atom. The van der Waals surface area contributed by atoms with Gasteiger partial charge in [0.05, 0.1) is 6.10 Å². The maximum atomic E-state index is 13.6. The second-order valence-corrected chi connectivity index (χ2v) is 11.1. The van der Waals surface area contributed by atoms with Crippen LogP contribution in [0.1, 0.15) is 85.0 Å². The molecule has 4 aliphatic carbocycles. The molecule has 0 aromatic heterocycles. The lowest BCUT2D eigenvalue weighted by Crippen LogP contribution is -2.57. The second kappa shape index (κ2) is 7.11. The molecule has 0 bridgehead atoms. The first-order chi connectivity index (χ1) is 13.2. The predicted octanol–water partition coefficient (Wildman–Crippen LogP) is 4.69. The minimum Gasteiger partial charge on any atom is -0.481 e. The molecule has 0 aromatic carbocycles. The lowest BCUT2D eigenvalue weighted by Gasteiger charge is -2.60. The summed E-state index contributed by atoms with van der Waals surface area (Å²) in [4.78, 5) is 24.7. The average Bonchev–Trinajstić information content (AvgIpc) is 3.00. The number of aliphatic carboxylic acids is 1. The highest BCUT2D eigenvalue weighted by Gasteiger charge is 2.63. The zero-order valence-electron chi connectivity index (χ0n) is 17.8. The third-order valence-corrected chi connectivity index (χ3v) is 10.1. The molecule has 0 saturated heterocycles. The van der Waals surface area contributed by atoms with Crippen molar-refractivity contribution in [3.63, 3.8) is 0 Å². The molecule has 4 fully saturated rings. The molecule has 28 heavy (non-hydrogen) atoms. The zero-order chi connectivity index (χ0) is 20.3. The van der Waals surface area contributed by atoms with Crippen LogP contribution in [0.3, 0.4) is 0 Å². The van der Waals surface area contributed by atoms with Gasteiger partial charge in [0.25, 0.3) is 0 Å². The maximum Gasteiger partial charge on any atom is 0.303 e. The summed E-state index contributed by atoms with van der Waals surface area (Å²) in [6, 6.07) is 0. The molecule has 0 spiro atoms. The minimum atomic E-state index is -0.729. The summed E-state index contributed by atoms with van der Waals surface area (Å²) in [5, 5.41) is 19.3. The predicted molar refractivity (Wildman–Crippen MR) is 108 cm³/mol. The Morgan fingerprint density at radius 1 is 1.14 bits per heavy atom. The van der Waals surface area contributed by atoms with E-state index in [0.717, 1.165) is 32.1 Å². The molecule has 0 aliphatic heterocycles. The van der Waals surface area contributed by atoms with Crippen LogP contribution in [0.4, 0.5) is 0 Å². The molecular formula is C24H38O4. The standard InChI is InChI=1S/C24H38O4/c1-14(4-9-22(27)28)18-7-8-19-17-6-5-15-12-16(25)10-11-23(15,2)20(17)13-21(26)24(18,19)3/h14-20,25H,4-13H2,1-3H3,(H,27,28)/t14-,15?,16?,17+,18-,19+,20?,23+,24-/m1/s1. The second-order valence-electron chi connectivity index (χ2n) is 11.1. The van der Waals surface area contributed by atoms with Crippen molar-refractivity contribution in [3.05, 3.63) is 0 Å². The van der Waals surface area contributed by atoms with Crippen LogP contribution in [0.2, 0.25) is 0 Å². The van der Waals surface area contributed by atoms with Crippen molar-refractivity contribution < 1.29 is 19.8 Å². The normalized spacial score (nSPS) is 49.1. The van der Waals surface area contributed by atoms with Gasteiger partial charge in [0.2, 0.25) is 0 Å². The number of hydrogen-bond donors (Lipinski definition) is 2. The van der Waals surface area contributed by atoms with Gasteiger partial charge in [0, 0.05) is 18.3 Å². The van der Waals surface area contributed by atoms with E-state index >= 15 is 0 Å². The van der Waals surface area contributed by atoms with E-state index in [9.17, 15) is 14.7 Å². The highest BCUT2D eigenvalue weighted by Crippen LogP contribution is 2.67. The molecule has 4 nitrogen and oxygen atoms in total. The fourth-order valence-electron chi connectivity index (χ4n) is 8.44. The van der Waals surface area contributed by atoms with Crippen LogP contribution in [0, 0.1) is 46.3 Å². The lowest BCUT2D eigenvalue weighted by molar-refractivity contribution is -0.160. The Morgan fingerprint density at radius 2 is 1.89 bits per heavy atom. The molecule has 4 saturated carbocycles. The highest BCUT2D eigenvalue weighted by molar-refractivity contribution is 5.87. The van der Waals surface area contributed by atoms with E-state index in [0.29, 0.717) is 54.1 Å². The van der Waals surface area contributed by atoms with Gasteiger partial charge in [-0.3, -0.25) is 9.59 Å². The molecule has 158 valence electrons. The maximum absolute atomic E-state index is 13.6. The number of aliphatic hydroxyl groups is 1. The summed E-state index contributed by atoms with van der Waals surface area (Å²) in [7, 11) is 0. The molecule has 0 aromatic rings. The number of rotatable bonds is 4. The summed E-state index contributed by atoms with van der Waals surface area (Å²) in [6.45, 7) is 6.81. The molecule has 0 amide bonds. The molecule has 3 unspecified atom stereocenters. The van der Waals surface area contributed by atoms with Gasteiger partial charge in [-0.1, -0.05) is 20.8 Å². The smallest absolute Gasteiger partial charge is 0.303 e. The van der Waals surface area contributed by atoms with Crippen molar-refractivity contribution in [2.45, 2.75) is 91.1 Å². The van der Waals surface area contributed by atoms with Crippen molar-refractivity contribution in [2.24, 2.45) is 46.3 Å². The minimum absolute atomic E-state index is 0.148. The van der Waals surface area contributed by atoms with Crippen molar-refractivity contribution in [1.29, 1.82) is 0 Å². The Bertz CT molecular complexity index is 645. The van der Waals surface area contributed by atoms with Crippen LogP contribution >= 0.6 is 0 Å². The number of aliphatic hydroxyl groups excluding tert-OH is 1. The fraction of sp³-hybridized carbons (Fsp3) is 0.917. The summed E-state index contributed by atoms with van der Waals surface area (Å²) in [6.07, 6.45) is 8.96. The Balaban J connectivity index is 1.57. The molecule has 0 heterocycles. The molecule has 4 heteroatoms.